The van der Waals surface area contributed by atoms with Crippen LogP contribution in [0.1, 0.15) is 58.8 Å². The largest absolute Gasteiger partial charge is 0.387 e. The highest BCUT2D eigenvalue weighted by molar-refractivity contribution is 4.97. The van der Waals surface area contributed by atoms with Gasteiger partial charge < -0.3 is 29.2 Å². The Hall–Kier alpha value is -0.240. The van der Waals surface area contributed by atoms with E-state index in [4.69, 9.17) is 18.9 Å². The summed E-state index contributed by atoms with van der Waals surface area (Å²) in [5.41, 5.74) is 0. The summed E-state index contributed by atoms with van der Waals surface area (Å²) in [5, 5.41) is 21.3. The fourth-order valence-electron chi connectivity index (χ4n) is 4.31. The van der Waals surface area contributed by atoms with Crippen molar-refractivity contribution in [2.45, 2.75) is 94.8 Å². The van der Waals surface area contributed by atoms with Crippen LogP contribution >= 0.6 is 0 Å². The van der Waals surface area contributed by atoms with Crippen LogP contribution < -0.4 is 0 Å². The molecular weight excluding hydrogens is 324 g/mol. The predicted octanol–water partition coefficient (Wildman–Crippen LogP) is 1.96. The van der Waals surface area contributed by atoms with E-state index in [1.165, 1.54) is 12.8 Å². The monoisotopic (exact) mass is 356 g/mol. The van der Waals surface area contributed by atoms with Crippen LogP contribution in [0.15, 0.2) is 0 Å². The fourth-order valence-corrected chi connectivity index (χ4v) is 4.31. The molecule has 2 saturated heterocycles. The number of aliphatic hydroxyl groups is 2. The van der Waals surface area contributed by atoms with Gasteiger partial charge in [-0.1, -0.05) is 13.8 Å². The second-order valence-corrected chi connectivity index (χ2v) is 8.27. The lowest BCUT2D eigenvalue weighted by atomic mass is 10.0. The zero-order chi connectivity index (χ0) is 17.7. The molecule has 2 aliphatic heterocycles. The predicted molar refractivity (Wildman–Crippen MR) is 89.8 cm³/mol. The van der Waals surface area contributed by atoms with Crippen LogP contribution in [0.2, 0.25) is 0 Å². The first kappa shape index (κ1) is 18.1. The zero-order valence-corrected chi connectivity index (χ0v) is 15.4. The summed E-state index contributed by atoms with van der Waals surface area (Å²) >= 11 is 0. The summed E-state index contributed by atoms with van der Waals surface area (Å²) in [5.74, 6) is -0.0709. The van der Waals surface area contributed by atoms with Crippen LogP contribution in [0, 0.1) is 11.8 Å². The van der Waals surface area contributed by atoms with Gasteiger partial charge in [0.05, 0.1) is 13.2 Å². The normalized spacial score (nSPS) is 44.2. The second-order valence-electron chi connectivity index (χ2n) is 8.27. The molecule has 6 nitrogen and oxygen atoms in total. The number of hydrogen-bond acceptors (Lipinski definition) is 6. The van der Waals surface area contributed by atoms with Crippen LogP contribution in [0.25, 0.3) is 0 Å². The molecule has 4 fully saturated rings. The molecule has 2 heterocycles. The van der Waals surface area contributed by atoms with Gasteiger partial charge in [-0.25, -0.2) is 0 Å². The van der Waals surface area contributed by atoms with Crippen LogP contribution in [-0.2, 0) is 18.9 Å². The van der Waals surface area contributed by atoms with Crippen LogP contribution in [0.4, 0.5) is 0 Å². The molecule has 6 atom stereocenters. The van der Waals surface area contributed by atoms with Gasteiger partial charge in [0.2, 0.25) is 0 Å². The van der Waals surface area contributed by atoms with E-state index in [2.05, 4.69) is 0 Å². The van der Waals surface area contributed by atoms with Crippen molar-refractivity contribution < 1.29 is 29.2 Å². The first-order valence-corrected chi connectivity index (χ1v) is 10.0. The van der Waals surface area contributed by atoms with Gasteiger partial charge in [0.1, 0.15) is 24.4 Å². The molecule has 0 spiro atoms. The Morgan fingerprint density at radius 1 is 0.880 bits per heavy atom. The highest BCUT2D eigenvalue weighted by atomic mass is 16.8. The minimum absolute atomic E-state index is 0.313. The third-order valence-corrected chi connectivity index (χ3v) is 6.36. The summed E-state index contributed by atoms with van der Waals surface area (Å²) in [7, 11) is 0. The van der Waals surface area contributed by atoms with Gasteiger partial charge in [0, 0.05) is 12.3 Å². The van der Waals surface area contributed by atoms with Crippen molar-refractivity contribution in [3.8, 4) is 0 Å². The van der Waals surface area contributed by atoms with Crippen LogP contribution in [0.5, 0.6) is 0 Å². The smallest absolute Gasteiger partial charge is 0.171 e. The Kier molecular flexibility index (Phi) is 4.88. The highest BCUT2D eigenvalue weighted by Crippen LogP contribution is 2.48. The molecule has 0 aromatic heterocycles. The maximum Gasteiger partial charge on any atom is 0.171 e. The summed E-state index contributed by atoms with van der Waals surface area (Å²) in [6, 6.07) is 0. The van der Waals surface area contributed by atoms with Gasteiger partial charge in [-0.3, -0.25) is 0 Å². The second kappa shape index (κ2) is 6.73. The average Bonchev–Trinajstić information content (AvgIpc) is 3.55. The van der Waals surface area contributed by atoms with Crippen LogP contribution in [-0.4, -0.2) is 59.4 Å². The summed E-state index contributed by atoms with van der Waals surface area (Å²) in [6.07, 6.45) is 3.99. The molecule has 0 bridgehead atoms. The lowest BCUT2D eigenvalue weighted by Gasteiger charge is -2.31. The maximum absolute atomic E-state index is 10.7. The van der Waals surface area contributed by atoms with Crippen molar-refractivity contribution >= 4 is 0 Å². The summed E-state index contributed by atoms with van der Waals surface area (Å²) < 4.78 is 24.0. The molecule has 6 unspecified atom stereocenters. The van der Waals surface area contributed by atoms with E-state index in [1.807, 2.05) is 13.8 Å². The first-order chi connectivity index (χ1) is 12.0. The van der Waals surface area contributed by atoms with Crippen LogP contribution in [0.3, 0.4) is 0 Å². The van der Waals surface area contributed by atoms with E-state index < -0.39 is 36.0 Å². The number of ether oxygens (including phenoxy) is 4. The Labute approximate surface area is 149 Å². The molecule has 25 heavy (non-hydrogen) atoms. The molecule has 144 valence electrons. The Morgan fingerprint density at radius 2 is 1.52 bits per heavy atom. The molecule has 4 rings (SSSR count). The standard InChI is InChI=1S/C19H32O6/c1-3-18(9-12-5-6-12)22-10-14(24-18)16(20)17(21)15-11-23-19(4-2,25-15)13-7-8-13/h12-17,20-21H,3-11H2,1-2H3. The van der Waals surface area contributed by atoms with E-state index in [9.17, 15) is 10.2 Å². The summed E-state index contributed by atoms with van der Waals surface area (Å²) in [4.78, 5) is 0. The van der Waals surface area contributed by atoms with Gasteiger partial charge >= 0.3 is 0 Å². The maximum atomic E-state index is 10.7. The van der Waals surface area contributed by atoms with E-state index in [-0.39, 0.29) is 0 Å². The Bertz CT molecular complexity index is 479. The molecular formula is C19H32O6. The fraction of sp³-hybridized carbons (Fsp3) is 1.00. The van der Waals surface area contributed by atoms with E-state index in [0.29, 0.717) is 25.0 Å². The number of aliphatic hydroxyl groups excluding tert-OH is 2. The first-order valence-electron chi connectivity index (χ1n) is 10.0. The minimum atomic E-state index is -1.03. The quantitative estimate of drug-likeness (QED) is 0.692. The van der Waals surface area contributed by atoms with Gasteiger partial charge in [0.25, 0.3) is 0 Å². The van der Waals surface area contributed by atoms with Gasteiger partial charge in [-0.15, -0.1) is 0 Å². The molecule has 4 aliphatic rings. The third kappa shape index (κ3) is 3.49. The van der Waals surface area contributed by atoms with E-state index in [0.717, 1.165) is 32.1 Å². The van der Waals surface area contributed by atoms with Gasteiger partial charge in [-0.05, 0) is 44.4 Å². The molecule has 0 amide bonds. The molecule has 0 aromatic rings. The Morgan fingerprint density at radius 3 is 2.08 bits per heavy atom. The molecule has 6 heteroatoms. The van der Waals surface area contributed by atoms with Crippen molar-refractivity contribution in [2.75, 3.05) is 13.2 Å². The number of rotatable bonds is 8. The van der Waals surface area contributed by atoms with Crippen molar-refractivity contribution in [3.63, 3.8) is 0 Å². The van der Waals surface area contributed by atoms with E-state index in [1.54, 1.807) is 0 Å². The SMILES string of the molecule is CCC1(CC2CC2)OCC(C(O)C(O)C2COC(CC)(C3CC3)O2)O1. The Balaban J connectivity index is 1.35. The van der Waals surface area contributed by atoms with Crippen molar-refractivity contribution in [3.05, 3.63) is 0 Å². The van der Waals surface area contributed by atoms with Crippen molar-refractivity contribution in [2.24, 2.45) is 11.8 Å². The molecule has 0 aromatic carbocycles. The third-order valence-electron chi connectivity index (χ3n) is 6.36. The lowest BCUT2D eigenvalue weighted by Crippen LogP contribution is -2.48. The minimum Gasteiger partial charge on any atom is -0.387 e. The van der Waals surface area contributed by atoms with E-state index >= 15 is 0 Å². The molecule has 2 N–H and O–H groups in total. The summed E-state index contributed by atoms with van der Waals surface area (Å²) in [6.45, 7) is 4.72. The molecule has 0 radical (unpaired) electrons. The number of hydrogen-bond donors (Lipinski definition) is 2. The zero-order valence-electron chi connectivity index (χ0n) is 15.4. The lowest BCUT2D eigenvalue weighted by molar-refractivity contribution is -0.214. The molecule has 2 saturated carbocycles. The van der Waals surface area contributed by atoms with Gasteiger partial charge in [-0.2, -0.15) is 0 Å². The topological polar surface area (TPSA) is 77.4 Å². The molecule has 2 aliphatic carbocycles. The van der Waals surface area contributed by atoms with Crippen molar-refractivity contribution in [1.82, 2.24) is 0 Å². The highest BCUT2D eigenvalue weighted by Gasteiger charge is 2.54. The van der Waals surface area contributed by atoms with Crippen molar-refractivity contribution in [1.29, 1.82) is 0 Å². The van der Waals surface area contributed by atoms with Gasteiger partial charge in [0.15, 0.2) is 11.6 Å². The average molecular weight is 356 g/mol.